The zero-order chi connectivity index (χ0) is 25.0. The minimum absolute atomic E-state index is 0.147. The Morgan fingerprint density at radius 3 is 1.63 bits per heavy atom. The van der Waals surface area contributed by atoms with Gasteiger partial charge in [0.2, 0.25) is 0 Å². The van der Waals surface area contributed by atoms with Crippen molar-refractivity contribution in [2.24, 2.45) is 0 Å². The fraction of sp³-hybridized carbons (Fsp3) is 0.276. The van der Waals surface area contributed by atoms with E-state index in [1.165, 1.54) is 0 Å². The van der Waals surface area contributed by atoms with Crippen LogP contribution in [0.5, 0.6) is 11.5 Å². The molecule has 6 heteroatoms. The molecule has 182 valence electrons. The van der Waals surface area contributed by atoms with Crippen molar-refractivity contribution in [2.45, 2.75) is 39.5 Å². The van der Waals surface area contributed by atoms with Crippen molar-refractivity contribution in [1.82, 2.24) is 0 Å². The SMILES string of the molecule is CCCCOC(=O)c1ccc(OC(=O)c2ccc(C(=O)c3ccc(OCCCC)cc3)cc2)cc1. The first-order valence-electron chi connectivity index (χ1n) is 11.9. The van der Waals surface area contributed by atoms with E-state index in [0.717, 1.165) is 31.4 Å². The maximum absolute atomic E-state index is 12.8. The Bertz CT molecular complexity index is 1120. The minimum atomic E-state index is -0.559. The lowest BCUT2D eigenvalue weighted by Gasteiger charge is -2.08. The van der Waals surface area contributed by atoms with Crippen LogP contribution in [0.25, 0.3) is 0 Å². The summed E-state index contributed by atoms with van der Waals surface area (Å²) in [5, 5.41) is 0. The van der Waals surface area contributed by atoms with Crippen molar-refractivity contribution in [2.75, 3.05) is 13.2 Å². The lowest BCUT2D eigenvalue weighted by molar-refractivity contribution is 0.0499. The second-order valence-corrected chi connectivity index (χ2v) is 8.04. The quantitative estimate of drug-likeness (QED) is 0.133. The van der Waals surface area contributed by atoms with E-state index in [1.807, 2.05) is 6.92 Å². The summed E-state index contributed by atoms with van der Waals surface area (Å²) >= 11 is 0. The molecule has 0 saturated carbocycles. The molecule has 0 N–H and O–H groups in total. The average molecular weight is 475 g/mol. The molecule has 6 nitrogen and oxygen atoms in total. The molecule has 0 heterocycles. The molecule has 0 fully saturated rings. The van der Waals surface area contributed by atoms with E-state index >= 15 is 0 Å². The van der Waals surface area contributed by atoms with Gasteiger partial charge in [0.1, 0.15) is 11.5 Å². The topological polar surface area (TPSA) is 78.9 Å². The summed E-state index contributed by atoms with van der Waals surface area (Å²) in [4.78, 5) is 37.2. The van der Waals surface area contributed by atoms with Crippen LogP contribution in [0.2, 0.25) is 0 Å². The molecule has 0 radical (unpaired) electrons. The molecule has 3 aromatic carbocycles. The van der Waals surface area contributed by atoms with Crippen molar-refractivity contribution in [3.63, 3.8) is 0 Å². The van der Waals surface area contributed by atoms with Gasteiger partial charge < -0.3 is 14.2 Å². The maximum Gasteiger partial charge on any atom is 0.343 e. The third-order valence-electron chi connectivity index (χ3n) is 5.30. The first kappa shape index (κ1) is 25.7. The number of hydrogen-bond acceptors (Lipinski definition) is 6. The molecule has 0 bridgehead atoms. The van der Waals surface area contributed by atoms with Gasteiger partial charge in [-0.2, -0.15) is 0 Å². The lowest BCUT2D eigenvalue weighted by atomic mass is 10.0. The normalized spacial score (nSPS) is 10.5. The van der Waals surface area contributed by atoms with E-state index in [-0.39, 0.29) is 5.78 Å². The highest BCUT2D eigenvalue weighted by atomic mass is 16.5. The van der Waals surface area contributed by atoms with Gasteiger partial charge in [0.25, 0.3) is 0 Å². The van der Waals surface area contributed by atoms with Gasteiger partial charge in [-0.1, -0.05) is 38.8 Å². The number of hydrogen-bond donors (Lipinski definition) is 0. The Hall–Kier alpha value is -3.93. The average Bonchev–Trinajstić information content (AvgIpc) is 2.89. The predicted octanol–water partition coefficient (Wildman–Crippen LogP) is 6.27. The van der Waals surface area contributed by atoms with Crippen LogP contribution in [0.4, 0.5) is 0 Å². The second kappa shape index (κ2) is 13.1. The Morgan fingerprint density at radius 1 is 0.571 bits per heavy atom. The molecule has 3 aromatic rings. The standard InChI is InChI=1S/C29H30O6/c1-3-5-19-33-25-15-11-22(12-16-25)27(30)21-7-9-24(10-8-21)29(32)35-26-17-13-23(14-18-26)28(31)34-20-6-4-2/h7-18H,3-6,19-20H2,1-2H3. The zero-order valence-electron chi connectivity index (χ0n) is 20.1. The summed E-state index contributed by atoms with van der Waals surface area (Å²) < 4.78 is 16.2. The van der Waals surface area contributed by atoms with E-state index < -0.39 is 11.9 Å². The van der Waals surface area contributed by atoms with E-state index in [1.54, 1.807) is 72.8 Å². The van der Waals surface area contributed by atoms with Gasteiger partial charge in [0, 0.05) is 11.1 Å². The van der Waals surface area contributed by atoms with Gasteiger partial charge in [-0.15, -0.1) is 0 Å². The molecular weight excluding hydrogens is 444 g/mol. The maximum atomic E-state index is 12.8. The molecule has 0 aliphatic rings. The number of carbonyl (C=O) groups excluding carboxylic acids is 3. The molecule has 3 rings (SSSR count). The van der Waals surface area contributed by atoms with Crippen LogP contribution in [0.3, 0.4) is 0 Å². The highest BCUT2D eigenvalue weighted by Gasteiger charge is 2.14. The van der Waals surface area contributed by atoms with Crippen molar-refractivity contribution in [3.8, 4) is 11.5 Å². The molecule has 0 aliphatic heterocycles. The molecule has 0 spiro atoms. The summed E-state index contributed by atoms with van der Waals surface area (Å²) in [6, 6.07) is 19.5. The van der Waals surface area contributed by atoms with Crippen LogP contribution in [-0.2, 0) is 4.74 Å². The first-order chi connectivity index (χ1) is 17.0. The largest absolute Gasteiger partial charge is 0.494 e. The molecule has 0 saturated heterocycles. The van der Waals surface area contributed by atoms with Crippen LogP contribution in [0, 0.1) is 0 Å². The molecule has 0 aromatic heterocycles. The van der Waals surface area contributed by atoms with Crippen LogP contribution in [0.15, 0.2) is 72.8 Å². The summed E-state index contributed by atoms with van der Waals surface area (Å²) in [6.07, 6.45) is 3.79. The number of ether oxygens (including phenoxy) is 3. The van der Waals surface area contributed by atoms with Crippen molar-refractivity contribution in [3.05, 3.63) is 95.1 Å². The highest BCUT2D eigenvalue weighted by molar-refractivity contribution is 6.09. The van der Waals surface area contributed by atoms with Crippen LogP contribution < -0.4 is 9.47 Å². The summed E-state index contributed by atoms with van der Waals surface area (Å²) in [5.41, 5.74) is 1.71. The lowest BCUT2D eigenvalue weighted by Crippen LogP contribution is -2.10. The van der Waals surface area contributed by atoms with Crippen LogP contribution in [0.1, 0.15) is 76.2 Å². The van der Waals surface area contributed by atoms with E-state index in [9.17, 15) is 14.4 Å². The number of esters is 2. The second-order valence-electron chi connectivity index (χ2n) is 8.04. The number of carbonyl (C=O) groups is 3. The molecular formula is C29H30O6. The van der Waals surface area contributed by atoms with Gasteiger partial charge in [0.05, 0.1) is 24.3 Å². The number of benzene rings is 3. The van der Waals surface area contributed by atoms with E-state index in [0.29, 0.717) is 41.2 Å². The summed E-state index contributed by atoms with van der Waals surface area (Å²) in [7, 11) is 0. The minimum Gasteiger partial charge on any atom is -0.494 e. The first-order valence-corrected chi connectivity index (χ1v) is 11.9. The number of unbranched alkanes of at least 4 members (excludes halogenated alkanes) is 2. The van der Waals surface area contributed by atoms with E-state index in [4.69, 9.17) is 14.2 Å². The number of rotatable bonds is 12. The van der Waals surface area contributed by atoms with Gasteiger partial charge in [-0.25, -0.2) is 9.59 Å². The van der Waals surface area contributed by atoms with Gasteiger partial charge in [-0.05, 0) is 73.5 Å². The third-order valence-corrected chi connectivity index (χ3v) is 5.30. The molecule has 35 heavy (non-hydrogen) atoms. The van der Waals surface area contributed by atoms with Gasteiger partial charge in [0.15, 0.2) is 5.78 Å². The van der Waals surface area contributed by atoms with Crippen molar-refractivity contribution >= 4 is 17.7 Å². The van der Waals surface area contributed by atoms with Crippen molar-refractivity contribution < 1.29 is 28.6 Å². The summed E-state index contributed by atoms with van der Waals surface area (Å²) in [5.74, 6) is -0.0754. The molecule has 0 unspecified atom stereocenters. The van der Waals surface area contributed by atoms with E-state index in [2.05, 4.69) is 6.92 Å². The Morgan fingerprint density at radius 2 is 1.03 bits per heavy atom. The fourth-order valence-electron chi connectivity index (χ4n) is 3.18. The zero-order valence-corrected chi connectivity index (χ0v) is 20.1. The monoisotopic (exact) mass is 474 g/mol. The summed E-state index contributed by atoms with van der Waals surface area (Å²) in [6.45, 7) is 5.15. The Balaban J connectivity index is 1.56. The molecule has 0 atom stereocenters. The Labute approximate surface area is 205 Å². The molecule has 0 aliphatic carbocycles. The third kappa shape index (κ3) is 7.54. The Kier molecular flexibility index (Phi) is 9.60. The van der Waals surface area contributed by atoms with Crippen LogP contribution in [-0.4, -0.2) is 30.9 Å². The fourth-order valence-corrected chi connectivity index (χ4v) is 3.18. The highest BCUT2D eigenvalue weighted by Crippen LogP contribution is 2.18. The molecule has 0 amide bonds. The van der Waals surface area contributed by atoms with Crippen LogP contribution >= 0.6 is 0 Å². The predicted molar refractivity (Wildman–Crippen MR) is 133 cm³/mol. The number of ketones is 1. The van der Waals surface area contributed by atoms with Gasteiger partial charge >= 0.3 is 11.9 Å². The van der Waals surface area contributed by atoms with Gasteiger partial charge in [-0.3, -0.25) is 4.79 Å². The smallest absolute Gasteiger partial charge is 0.343 e. The van der Waals surface area contributed by atoms with Crippen molar-refractivity contribution in [1.29, 1.82) is 0 Å².